The Balaban J connectivity index is 1.92. The van der Waals surface area contributed by atoms with Gasteiger partial charge in [0, 0.05) is 4.47 Å². The first kappa shape index (κ1) is 12.1. The quantitative estimate of drug-likeness (QED) is 0.934. The number of hydrogen-bond donors (Lipinski definition) is 1. The average molecular weight is 293 g/mol. The molecule has 0 saturated carbocycles. The molecular weight excluding hydrogens is 280 g/mol. The predicted octanol–water partition coefficient (Wildman–Crippen LogP) is 3.56. The fourth-order valence-corrected chi connectivity index (χ4v) is 1.74. The molecule has 0 aliphatic rings. The molecule has 0 bridgehead atoms. The van der Waals surface area contributed by atoms with Crippen LogP contribution in [-0.4, -0.2) is 11.7 Å². The van der Waals surface area contributed by atoms with Crippen LogP contribution in [0.1, 0.15) is 11.7 Å². The third-order valence-corrected chi connectivity index (χ3v) is 2.93. The number of benzene rings is 2. The average Bonchev–Trinajstić information content (AvgIpc) is 2.39. The van der Waals surface area contributed by atoms with Crippen LogP contribution in [-0.2, 0) is 0 Å². The predicted molar refractivity (Wildman–Crippen MR) is 71.0 cm³/mol. The van der Waals surface area contributed by atoms with Gasteiger partial charge in [0.15, 0.2) is 0 Å². The first-order valence-corrected chi connectivity index (χ1v) is 6.16. The Bertz CT molecular complexity index is 453. The fourth-order valence-electron chi connectivity index (χ4n) is 1.48. The third kappa shape index (κ3) is 3.58. The molecule has 0 aromatic heterocycles. The molecule has 0 spiro atoms. The van der Waals surface area contributed by atoms with Crippen LogP contribution in [0.15, 0.2) is 59.1 Å². The third-order valence-electron chi connectivity index (χ3n) is 2.41. The summed E-state index contributed by atoms with van der Waals surface area (Å²) in [5.74, 6) is 0.753. The standard InChI is InChI=1S/C14H13BrO2/c15-12-6-8-13(9-7-12)17-10-14(16)11-4-2-1-3-5-11/h1-9,14,16H,10H2. The molecule has 2 nitrogen and oxygen atoms in total. The summed E-state index contributed by atoms with van der Waals surface area (Å²) in [6.07, 6.45) is -0.597. The van der Waals surface area contributed by atoms with Crippen LogP contribution >= 0.6 is 15.9 Å². The summed E-state index contributed by atoms with van der Waals surface area (Å²) in [5, 5.41) is 9.90. The van der Waals surface area contributed by atoms with E-state index in [1.165, 1.54) is 0 Å². The smallest absolute Gasteiger partial charge is 0.119 e. The van der Waals surface area contributed by atoms with Gasteiger partial charge in [-0.3, -0.25) is 0 Å². The number of aliphatic hydroxyl groups is 1. The van der Waals surface area contributed by atoms with Crippen LogP contribution < -0.4 is 4.74 Å². The second-order valence-electron chi connectivity index (χ2n) is 3.69. The van der Waals surface area contributed by atoms with E-state index in [1.54, 1.807) is 0 Å². The molecule has 2 aromatic rings. The van der Waals surface area contributed by atoms with Gasteiger partial charge in [0.1, 0.15) is 18.5 Å². The molecule has 1 N–H and O–H groups in total. The second-order valence-corrected chi connectivity index (χ2v) is 4.61. The lowest BCUT2D eigenvalue weighted by molar-refractivity contribution is 0.108. The molecule has 0 saturated heterocycles. The van der Waals surface area contributed by atoms with Gasteiger partial charge < -0.3 is 9.84 Å². The minimum absolute atomic E-state index is 0.256. The highest BCUT2D eigenvalue weighted by Crippen LogP contribution is 2.18. The number of aliphatic hydroxyl groups excluding tert-OH is 1. The summed E-state index contributed by atoms with van der Waals surface area (Å²) >= 11 is 3.36. The molecule has 0 aliphatic heterocycles. The maximum absolute atomic E-state index is 9.90. The lowest BCUT2D eigenvalue weighted by atomic mass is 10.1. The highest BCUT2D eigenvalue weighted by molar-refractivity contribution is 9.10. The van der Waals surface area contributed by atoms with Crippen molar-refractivity contribution >= 4 is 15.9 Å². The van der Waals surface area contributed by atoms with Crippen molar-refractivity contribution in [1.29, 1.82) is 0 Å². The second kappa shape index (κ2) is 5.84. The summed E-state index contributed by atoms with van der Waals surface area (Å²) in [6, 6.07) is 17.0. The van der Waals surface area contributed by atoms with Crippen molar-refractivity contribution in [1.82, 2.24) is 0 Å². The maximum Gasteiger partial charge on any atom is 0.119 e. The summed E-state index contributed by atoms with van der Waals surface area (Å²) in [5.41, 5.74) is 0.865. The summed E-state index contributed by atoms with van der Waals surface area (Å²) in [6.45, 7) is 0.256. The molecule has 2 aromatic carbocycles. The number of hydrogen-bond acceptors (Lipinski definition) is 2. The minimum atomic E-state index is -0.597. The lowest BCUT2D eigenvalue weighted by Crippen LogP contribution is -2.09. The SMILES string of the molecule is OC(COc1ccc(Br)cc1)c1ccccc1. The van der Waals surface area contributed by atoms with E-state index < -0.39 is 6.10 Å². The van der Waals surface area contributed by atoms with E-state index in [0.29, 0.717) is 0 Å². The van der Waals surface area contributed by atoms with Crippen LogP contribution in [0.5, 0.6) is 5.75 Å². The molecule has 2 rings (SSSR count). The van der Waals surface area contributed by atoms with Gasteiger partial charge in [-0.2, -0.15) is 0 Å². The van der Waals surface area contributed by atoms with Crippen molar-refractivity contribution in [3.05, 3.63) is 64.6 Å². The normalized spacial score (nSPS) is 12.1. The fraction of sp³-hybridized carbons (Fsp3) is 0.143. The van der Waals surface area contributed by atoms with Crippen LogP contribution in [0.4, 0.5) is 0 Å². The Morgan fingerprint density at radius 3 is 2.29 bits per heavy atom. The first-order valence-electron chi connectivity index (χ1n) is 5.37. The molecule has 17 heavy (non-hydrogen) atoms. The number of ether oxygens (including phenoxy) is 1. The minimum Gasteiger partial charge on any atom is -0.491 e. The van der Waals surface area contributed by atoms with Gasteiger partial charge in [0.2, 0.25) is 0 Å². The van der Waals surface area contributed by atoms with Gasteiger partial charge in [-0.05, 0) is 29.8 Å². The molecular formula is C14H13BrO2. The summed E-state index contributed by atoms with van der Waals surface area (Å²) < 4.78 is 6.51. The molecule has 88 valence electrons. The van der Waals surface area contributed by atoms with Gasteiger partial charge in [-0.15, -0.1) is 0 Å². The summed E-state index contributed by atoms with van der Waals surface area (Å²) in [4.78, 5) is 0. The van der Waals surface area contributed by atoms with Crippen LogP contribution in [0, 0.1) is 0 Å². The van der Waals surface area contributed by atoms with Gasteiger partial charge in [0.25, 0.3) is 0 Å². The molecule has 0 radical (unpaired) electrons. The molecule has 0 aliphatic carbocycles. The summed E-state index contributed by atoms with van der Waals surface area (Å²) in [7, 11) is 0. The van der Waals surface area contributed by atoms with E-state index in [1.807, 2.05) is 54.6 Å². The van der Waals surface area contributed by atoms with Crippen molar-refractivity contribution in [3.8, 4) is 5.75 Å². The monoisotopic (exact) mass is 292 g/mol. The molecule has 0 fully saturated rings. The van der Waals surface area contributed by atoms with Crippen LogP contribution in [0.2, 0.25) is 0 Å². The zero-order chi connectivity index (χ0) is 12.1. The van der Waals surface area contributed by atoms with Crippen molar-refractivity contribution in [2.75, 3.05) is 6.61 Å². The van der Waals surface area contributed by atoms with Crippen molar-refractivity contribution < 1.29 is 9.84 Å². The van der Waals surface area contributed by atoms with Crippen LogP contribution in [0.25, 0.3) is 0 Å². The maximum atomic E-state index is 9.90. The Labute approximate surface area is 109 Å². The molecule has 0 amide bonds. The Morgan fingerprint density at radius 1 is 1.00 bits per heavy atom. The van der Waals surface area contributed by atoms with E-state index in [0.717, 1.165) is 15.8 Å². The van der Waals surface area contributed by atoms with Gasteiger partial charge in [0.05, 0.1) is 0 Å². The van der Waals surface area contributed by atoms with Gasteiger partial charge >= 0.3 is 0 Å². The highest BCUT2D eigenvalue weighted by atomic mass is 79.9. The number of halogens is 1. The first-order chi connectivity index (χ1) is 8.25. The van der Waals surface area contributed by atoms with Gasteiger partial charge in [-0.1, -0.05) is 46.3 Å². The number of rotatable bonds is 4. The Hall–Kier alpha value is -1.32. The van der Waals surface area contributed by atoms with E-state index in [4.69, 9.17) is 4.74 Å². The molecule has 3 heteroatoms. The van der Waals surface area contributed by atoms with Gasteiger partial charge in [-0.25, -0.2) is 0 Å². The largest absolute Gasteiger partial charge is 0.491 e. The van der Waals surface area contributed by atoms with Crippen molar-refractivity contribution in [2.45, 2.75) is 6.10 Å². The van der Waals surface area contributed by atoms with Crippen molar-refractivity contribution in [2.24, 2.45) is 0 Å². The van der Waals surface area contributed by atoms with E-state index >= 15 is 0 Å². The highest BCUT2D eigenvalue weighted by Gasteiger charge is 2.07. The Morgan fingerprint density at radius 2 is 1.65 bits per heavy atom. The van der Waals surface area contributed by atoms with Crippen molar-refractivity contribution in [3.63, 3.8) is 0 Å². The topological polar surface area (TPSA) is 29.5 Å². The zero-order valence-corrected chi connectivity index (χ0v) is 10.8. The molecule has 0 heterocycles. The van der Waals surface area contributed by atoms with Crippen LogP contribution in [0.3, 0.4) is 0 Å². The lowest BCUT2D eigenvalue weighted by Gasteiger charge is -2.12. The van der Waals surface area contributed by atoms with E-state index in [2.05, 4.69) is 15.9 Å². The zero-order valence-electron chi connectivity index (χ0n) is 9.21. The van der Waals surface area contributed by atoms with E-state index in [-0.39, 0.29) is 6.61 Å². The van der Waals surface area contributed by atoms with E-state index in [9.17, 15) is 5.11 Å². The molecule has 1 unspecified atom stereocenters. The Kier molecular flexibility index (Phi) is 4.18. The molecule has 1 atom stereocenters.